The molecule has 0 spiro atoms. The lowest BCUT2D eigenvalue weighted by molar-refractivity contribution is 0.174. The first-order valence-electron chi connectivity index (χ1n) is 7.62. The first kappa shape index (κ1) is 14.6. The number of hydrogen-bond donors (Lipinski definition) is 0. The Labute approximate surface area is 139 Å². The molecule has 2 aromatic carbocycles. The fourth-order valence-corrected chi connectivity index (χ4v) is 3.01. The van der Waals surface area contributed by atoms with E-state index in [0.717, 1.165) is 39.0 Å². The van der Waals surface area contributed by atoms with Crippen LogP contribution in [0.25, 0.3) is 21.9 Å². The van der Waals surface area contributed by atoms with Gasteiger partial charge in [-0.1, -0.05) is 11.6 Å². The van der Waals surface area contributed by atoms with Gasteiger partial charge in [0.2, 0.25) is 12.7 Å². The Balaban J connectivity index is 2.05. The van der Waals surface area contributed by atoms with Gasteiger partial charge in [-0.05, 0) is 31.2 Å². The topological polar surface area (TPSA) is 49.8 Å². The van der Waals surface area contributed by atoms with Crippen molar-refractivity contribution in [3.63, 3.8) is 0 Å². The van der Waals surface area contributed by atoms with Crippen molar-refractivity contribution in [3.8, 4) is 34.3 Å². The molecule has 1 aliphatic heterocycles. The molecule has 5 nitrogen and oxygen atoms in total. The smallest absolute Gasteiger partial charge is 0.231 e. The van der Waals surface area contributed by atoms with Crippen LogP contribution in [-0.2, 0) is 0 Å². The minimum Gasteiger partial charge on any atom is -0.496 e. The zero-order valence-electron chi connectivity index (χ0n) is 13.8. The number of fused-ring (bicyclic) bond motifs is 2. The molecule has 0 saturated heterocycles. The number of methoxy groups -OCH3 is 2. The highest BCUT2D eigenvalue weighted by atomic mass is 16.7. The Morgan fingerprint density at radius 3 is 2.38 bits per heavy atom. The van der Waals surface area contributed by atoms with Crippen LogP contribution in [0.15, 0.2) is 36.5 Å². The third-order valence-corrected chi connectivity index (χ3v) is 4.18. The maximum absolute atomic E-state index is 5.54. The summed E-state index contributed by atoms with van der Waals surface area (Å²) in [7, 11) is 3.28. The van der Waals surface area contributed by atoms with Crippen LogP contribution in [0.4, 0.5) is 0 Å². The Morgan fingerprint density at radius 2 is 1.67 bits per heavy atom. The standard InChI is InChI=1S/C19H17NO4/c1-11-4-5-16(21-2)13(6-11)15-9-20-19(22-3)14-8-18-17(7-12(14)15)23-10-24-18/h4-9H,10H2,1-3H3. The molecule has 0 radical (unpaired) electrons. The lowest BCUT2D eigenvalue weighted by atomic mass is 9.98. The zero-order valence-corrected chi connectivity index (χ0v) is 13.8. The van der Waals surface area contributed by atoms with Crippen molar-refractivity contribution in [1.29, 1.82) is 0 Å². The molecule has 1 aromatic heterocycles. The first-order valence-corrected chi connectivity index (χ1v) is 7.62. The van der Waals surface area contributed by atoms with E-state index >= 15 is 0 Å². The van der Waals surface area contributed by atoms with Crippen molar-refractivity contribution in [3.05, 3.63) is 42.1 Å². The second kappa shape index (κ2) is 5.60. The fourth-order valence-electron chi connectivity index (χ4n) is 3.01. The third-order valence-electron chi connectivity index (χ3n) is 4.18. The van der Waals surface area contributed by atoms with Gasteiger partial charge in [-0.3, -0.25) is 0 Å². The van der Waals surface area contributed by atoms with E-state index in [2.05, 4.69) is 18.0 Å². The molecule has 4 rings (SSSR count). The van der Waals surface area contributed by atoms with Gasteiger partial charge in [0.05, 0.1) is 14.2 Å². The highest BCUT2D eigenvalue weighted by molar-refractivity contribution is 6.01. The van der Waals surface area contributed by atoms with Crippen molar-refractivity contribution >= 4 is 10.8 Å². The molecule has 24 heavy (non-hydrogen) atoms. The lowest BCUT2D eigenvalue weighted by Gasteiger charge is -2.14. The monoisotopic (exact) mass is 323 g/mol. The number of hydrogen-bond acceptors (Lipinski definition) is 5. The number of ether oxygens (including phenoxy) is 4. The number of pyridine rings is 1. The first-order chi connectivity index (χ1) is 11.7. The van der Waals surface area contributed by atoms with Crippen LogP contribution in [-0.4, -0.2) is 26.0 Å². The molecule has 2 heterocycles. The molecule has 0 N–H and O–H groups in total. The van der Waals surface area contributed by atoms with E-state index in [9.17, 15) is 0 Å². The molecule has 0 atom stereocenters. The van der Waals surface area contributed by atoms with Gasteiger partial charge in [0.15, 0.2) is 11.5 Å². The van der Waals surface area contributed by atoms with Gasteiger partial charge in [0.1, 0.15) is 5.75 Å². The summed E-state index contributed by atoms with van der Waals surface area (Å²) in [6.07, 6.45) is 1.81. The van der Waals surface area contributed by atoms with Crippen molar-refractivity contribution in [2.24, 2.45) is 0 Å². The van der Waals surface area contributed by atoms with Gasteiger partial charge in [0.25, 0.3) is 0 Å². The summed E-state index contributed by atoms with van der Waals surface area (Å²) in [4.78, 5) is 4.46. The van der Waals surface area contributed by atoms with Gasteiger partial charge in [-0.2, -0.15) is 0 Å². The predicted octanol–water partition coefficient (Wildman–Crippen LogP) is 3.96. The maximum atomic E-state index is 5.54. The molecule has 122 valence electrons. The average molecular weight is 323 g/mol. The van der Waals surface area contributed by atoms with E-state index in [1.54, 1.807) is 20.4 Å². The molecule has 0 amide bonds. The summed E-state index contributed by atoms with van der Waals surface area (Å²) >= 11 is 0. The van der Waals surface area contributed by atoms with Crippen molar-refractivity contribution in [2.75, 3.05) is 21.0 Å². The van der Waals surface area contributed by atoms with Gasteiger partial charge in [0, 0.05) is 28.1 Å². The molecule has 0 aliphatic carbocycles. The molecular weight excluding hydrogens is 306 g/mol. The summed E-state index contributed by atoms with van der Waals surface area (Å²) in [5, 5.41) is 1.86. The summed E-state index contributed by atoms with van der Waals surface area (Å²) in [5.74, 6) is 2.78. The maximum Gasteiger partial charge on any atom is 0.231 e. The average Bonchev–Trinajstić information content (AvgIpc) is 3.06. The molecule has 3 aromatic rings. The summed E-state index contributed by atoms with van der Waals surface area (Å²) < 4.78 is 22.0. The third kappa shape index (κ3) is 2.21. The summed E-state index contributed by atoms with van der Waals surface area (Å²) in [6, 6.07) is 9.96. The van der Waals surface area contributed by atoms with Crippen LogP contribution >= 0.6 is 0 Å². The van der Waals surface area contributed by atoms with Gasteiger partial charge in [-0.25, -0.2) is 4.98 Å². The summed E-state index contributed by atoms with van der Waals surface area (Å²) in [5.41, 5.74) is 3.09. The molecule has 0 bridgehead atoms. The number of aromatic nitrogens is 1. The number of nitrogens with zero attached hydrogens (tertiary/aromatic N) is 1. The van der Waals surface area contributed by atoms with Gasteiger partial charge < -0.3 is 18.9 Å². The quantitative estimate of drug-likeness (QED) is 0.730. The van der Waals surface area contributed by atoms with E-state index < -0.39 is 0 Å². The Bertz CT molecular complexity index is 936. The normalized spacial score (nSPS) is 12.5. The Hall–Kier alpha value is -2.95. The van der Waals surface area contributed by atoms with E-state index in [-0.39, 0.29) is 6.79 Å². The van der Waals surface area contributed by atoms with Gasteiger partial charge >= 0.3 is 0 Å². The molecule has 0 fully saturated rings. The van der Waals surface area contributed by atoms with E-state index in [1.807, 2.05) is 24.3 Å². The zero-order chi connectivity index (χ0) is 16.7. The largest absolute Gasteiger partial charge is 0.496 e. The van der Waals surface area contributed by atoms with Crippen molar-refractivity contribution < 1.29 is 18.9 Å². The van der Waals surface area contributed by atoms with Crippen LogP contribution in [0, 0.1) is 6.92 Å². The van der Waals surface area contributed by atoms with Crippen molar-refractivity contribution in [2.45, 2.75) is 6.92 Å². The minimum absolute atomic E-state index is 0.227. The van der Waals surface area contributed by atoms with Crippen LogP contribution in [0.2, 0.25) is 0 Å². The predicted molar refractivity (Wildman–Crippen MR) is 91.1 cm³/mol. The highest BCUT2D eigenvalue weighted by Gasteiger charge is 2.20. The minimum atomic E-state index is 0.227. The van der Waals surface area contributed by atoms with E-state index in [1.165, 1.54) is 0 Å². The Morgan fingerprint density at radius 1 is 0.917 bits per heavy atom. The number of benzene rings is 2. The second-order valence-electron chi connectivity index (χ2n) is 5.64. The molecule has 0 saturated carbocycles. The van der Waals surface area contributed by atoms with Gasteiger partial charge in [-0.15, -0.1) is 0 Å². The van der Waals surface area contributed by atoms with Crippen LogP contribution < -0.4 is 18.9 Å². The molecule has 5 heteroatoms. The van der Waals surface area contributed by atoms with Crippen molar-refractivity contribution in [1.82, 2.24) is 4.98 Å². The van der Waals surface area contributed by atoms with E-state index in [0.29, 0.717) is 11.6 Å². The number of rotatable bonds is 3. The van der Waals surface area contributed by atoms with Crippen LogP contribution in [0.5, 0.6) is 23.1 Å². The highest BCUT2D eigenvalue weighted by Crippen LogP contribution is 2.43. The molecule has 0 unspecified atom stereocenters. The second-order valence-corrected chi connectivity index (χ2v) is 5.64. The molecule has 1 aliphatic rings. The van der Waals surface area contributed by atoms with Crippen LogP contribution in [0.3, 0.4) is 0 Å². The SMILES string of the molecule is COc1ccc(C)cc1-c1cnc(OC)c2cc3c(cc12)OCO3. The van der Waals surface area contributed by atoms with Crippen LogP contribution in [0.1, 0.15) is 5.56 Å². The Kier molecular flexibility index (Phi) is 3.41. The lowest BCUT2D eigenvalue weighted by Crippen LogP contribution is -1.94. The summed E-state index contributed by atoms with van der Waals surface area (Å²) in [6.45, 7) is 2.28. The van der Waals surface area contributed by atoms with E-state index in [4.69, 9.17) is 18.9 Å². The number of aryl methyl sites for hydroxylation is 1. The fraction of sp³-hybridized carbons (Fsp3) is 0.211. The molecular formula is C19H17NO4.